The summed E-state index contributed by atoms with van der Waals surface area (Å²) in [5.41, 5.74) is 6.67. The van der Waals surface area contributed by atoms with Crippen LogP contribution in [0.25, 0.3) is 28.1 Å². The molecule has 0 atom stereocenters. The van der Waals surface area contributed by atoms with E-state index in [1.54, 1.807) is 36.5 Å². The van der Waals surface area contributed by atoms with Crippen LogP contribution in [0.4, 0.5) is 0 Å². The average Bonchev–Trinajstić information content (AvgIpc) is 3.43. The topological polar surface area (TPSA) is 109 Å². The minimum atomic E-state index is -3.48. The molecule has 2 N–H and O–H groups in total. The van der Waals surface area contributed by atoms with Crippen LogP contribution in [0.1, 0.15) is 35.6 Å². The predicted molar refractivity (Wildman–Crippen MR) is 161 cm³/mol. The number of ether oxygens (including phenoxy) is 1. The predicted octanol–water partition coefficient (Wildman–Crippen LogP) is 7.23. The van der Waals surface area contributed by atoms with Crippen LogP contribution in [-0.2, 0) is 14.6 Å². The van der Waals surface area contributed by atoms with E-state index in [2.05, 4.69) is 23.2 Å². The Morgan fingerprint density at radius 3 is 2.41 bits per heavy atom. The lowest BCUT2D eigenvalue weighted by molar-refractivity contribution is -0.131. The maximum absolute atomic E-state index is 12.3. The van der Waals surface area contributed by atoms with Gasteiger partial charge in [0.2, 0.25) is 0 Å². The van der Waals surface area contributed by atoms with E-state index in [4.69, 9.17) is 9.84 Å². The number of H-pyrrole nitrogens is 1. The molecule has 206 valence electrons. The highest BCUT2D eigenvalue weighted by Gasteiger charge is 2.17. The first-order chi connectivity index (χ1) is 19.7. The van der Waals surface area contributed by atoms with Crippen molar-refractivity contribution in [2.45, 2.75) is 18.2 Å². The molecule has 1 heterocycles. The second-order valence-electron chi connectivity index (χ2n) is 9.52. The maximum atomic E-state index is 12.3. The van der Waals surface area contributed by atoms with Gasteiger partial charge in [-0.25, -0.2) is 13.2 Å². The summed E-state index contributed by atoms with van der Waals surface area (Å²) in [5, 5.41) is 17.1. The van der Waals surface area contributed by atoms with E-state index in [1.165, 1.54) is 6.07 Å². The number of nitrogens with zero attached hydrogens (tertiary/aromatic N) is 1. The molecule has 0 radical (unpaired) electrons. The number of carbonyl (C=O) groups is 1. The summed E-state index contributed by atoms with van der Waals surface area (Å²) in [6.45, 7) is 2.09. The van der Waals surface area contributed by atoms with Crippen LogP contribution >= 0.6 is 0 Å². The number of sulfone groups is 1. The molecule has 8 heteroatoms. The zero-order valence-corrected chi connectivity index (χ0v) is 23.4. The Morgan fingerprint density at radius 1 is 0.927 bits per heavy atom. The monoisotopic (exact) mass is 564 g/mol. The molecule has 0 fully saturated rings. The molecule has 5 rings (SSSR count). The van der Waals surface area contributed by atoms with Gasteiger partial charge in [0.1, 0.15) is 16.4 Å². The molecule has 0 aliphatic rings. The molecule has 0 aliphatic carbocycles. The lowest BCUT2D eigenvalue weighted by Crippen LogP contribution is -2.00. The summed E-state index contributed by atoms with van der Waals surface area (Å²) in [6.07, 6.45) is 6.32. The number of para-hydroxylation sites is 1. The third kappa shape index (κ3) is 6.28. The molecule has 0 unspecified atom stereocenters. The van der Waals surface area contributed by atoms with Gasteiger partial charge < -0.3 is 9.84 Å². The maximum Gasteiger partial charge on any atom is 0.328 e. The summed E-state index contributed by atoms with van der Waals surface area (Å²) >= 11 is 0. The number of benzene rings is 4. The largest absolute Gasteiger partial charge is 0.478 e. The fourth-order valence-corrected chi connectivity index (χ4v) is 5.58. The zero-order valence-electron chi connectivity index (χ0n) is 22.5. The van der Waals surface area contributed by atoms with Crippen molar-refractivity contribution in [3.05, 3.63) is 126 Å². The third-order valence-corrected chi connectivity index (χ3v) is 7.80. The third-order valence-electron chi connectivity index (χ3n) is 6.66. The number of carboxylic acids is 1. The van der Waals surface area contributed by atoms with Gasteiger partial charge >= 0.3 is 5.97 Å². The molecule has 0 aliphatic heterocycles. The van der Waals surface area contributed by atoms with Crippen LogP contribution < -0.4 is 4.74 Å². The van der Waals surface area contributed by atoms with Gasteiger partial charge in [0.25, 0.3) is 0 Å². The Bertz CT molecular complexity index is 1900. The van der Waals surface area contributed by atoms with Gasteiger partial charge in [0, 0.05) is 17.7 Å². The molecule has 0 spiro atoms. The van der Waals surface area contributed by atoms with Gasteiger partial charge in [0.05, 0.1) is 11.7 Å². The lowest BCUT2D eigenvalue weighted by Gasteiger charge is -2.18. The smallest absolute Gasteiger partial charge is 0.328 e. The molecule has 4 aromatic carbocycles. The highest BCUT2D eigenvalue weighted by Crippen LogP contribution is 2.37. The molecular weight excluding hydrogens is 536 g/mol. The quantitative estimate of drug-likeness (QED) is 0.144. The number of nitrogens with one attached hydrogen (secondary N) is 1. The number of aromatic nitrogens is 2. The number of aliphatic carboxylic acids is 1. The first kappa shape index (κ1) is 27.6. The first-order valence-electron chi connectivity index (χ1n) is 13.0. The highest BCUT2D eigenvalue weighted by atomic mass is 32.2. The second kappa shape index (κ2) is 11.7. The second-order valence-corrected chi connectivity index (χ2v) is 11.5. The Morgan fingerprint density at radius 2 is 1.68 bits per heavy atom. The van der Waals surface area contributed by atoms with Crippen LogP contribution in [0, 0.1) is 0 Å². The van der Waals surface area contributed by atoms with Crippen LogP contribution in [0.5, 0.6) is 11.5 Å². The van der Waals surface area contributed by atoms with Crippen LogP contribution in [0.2, 0.25) is 0 Å². The van der Waals surface area contributed by atoms with Crippen molar-refractivity contribution in [1.29, 1.82) is 0 Å². The van der Waals surface area contributed by atoms with Gasteiger partial charge in [0.15, 0.2) is 9.84 Å². The number of carboxylic acid groups (broad SMARTS) is 1. The van der Waals surface area contributed by atoms with E-state index in [0.717, 1.165) is 56.6 Å². The number of rotatable bonds is 9. The molecule has 0 bridgehead atoms. The molecule has 0 saturated heterocycles. The number of aromatic amines is 1. The van der Waals surface area contributed by atoms with Crippen molar-refractivity contribution in [2.24, 2.45) is 0 Å². The molecule has 0 amide bonds. The number of allylic oxidation sites excluding steroid dienone is 1. The molecule has 41 heavy (non-hydrogen) atoms. The van der Waals surface area contributed by atoms with Crippen molar-refractivity contribution in [2.75, 3.05) is 6.26 Å². The Kier molecular flexibility index (Phi) is 7.85. The van der Waals surface area contributed by atoms with E-state index < -0.39 is 15.8 Å². The number of hydrogen-bond acceptors (Lipinski definition) is 5. The summed E-state index contributed by atoms with van der Waals surface area (Å²) in [7, 11) is -3.48. The van der Waals surface area contributed by atoms with Gasteiger partial charge in [-0.15, -0.1) is 0 Å². The van der Waals surface area contributed by atoms with E-state index in [-0.39, 0.29) is 10.6 Å². The Labute approximate surface area is 238 Å². The zero-order chi connectivity index (χ0) is 29.0. The van der Waals surface area contributed by atoms with E-state index >= 15 is 0 Å². The fourth-order valence-electron chi connectivity index (χ4n) is 4.78. The summed E-state index contributed by atoms with van der Waals surface area (Å²) in [6, 6.07) is 28.1. The van der Waals surface area contributed by atoms with Gasteiger partial charge in [-0.3, -0.25) is 5.10 Å². The molecular formula is C33H28N2O5S. The number of fused-ring (bicyclic) bond motifs is 1. The van der Waals surface area contributed by atoms with Crippen molar-refractivity contribution in [3.63, 3.8) is 0 Å². The fraction of sp³-hybridized carbons (Fsp3) is 0.0909. The number of hydrogen-bond donors (Lipinski definition) is 2. The van der Waals surface area contributed by atoms with E-state index in [9.17, 15) is 13.2 Å². The van der Waals surface area contributed by atoms with Crippen molar-refractivity contribution >= 4 is 43.9 Å². The molecule has 5 aromatic rings. The van der Waals surface area contributed by atoms with Crippen molar-refractivity contribution in [1.82, 2.24) is 10.2 Å². The van der Waals surface area contributed by atoms with Crippen LogP contribution in [-0.4, -0.2) is 35.9 Å². The Balaban J connectivity index is 1.64. The minimum absolute atomic E-state index is 0.128. The van der Waals surface area contributed by atoms with E-state index in [1.807, 2.05) is 54.6 Å². The summed E-state index contributed by atoms with van der Waals surface area (Å²) in [5.74, 6) is -0.217. The molecule has 0 saturated carbocycles. The normalized spacial score (nSPS) is 12.4. The lowest BCUT2D eigenvalue weighted by atomic mass is 9.87. The summed E-state index contributed by atoms with van der Waals surface area (Å²) < 4.78 is 30.7. The average molecular weight is 565 g/mol. The molecule has 1 aromatic heterocycles. The minimum Gasteiger partial charge on any atom is -0.478 e. The summed E-state index contributed by atoms with van der Waals surface area (Å²) in [4.78, 5) is 11.1. The van der Waals surface area contributed by atoms with Gasteiger partial charge in [-0.2, -0.15) is 5.10 Å². The van der Waals surface area contributed by atoms with Gasteiger partial charge in [-0.1, -0.05) is 61.5 Å². The molecule has 7 nitrogen and oxygen atoms in total. The highest BCUT2D eigenvalue weighted by molar-refractivity contribution is 7.90. The van der Waals surface area contributed by atoms with Crippen LogP contribution in [0.15, 0.2) is 108 Å². The van der Waals surface area contributed by atoms with Crippen LogP contribution in [0.3, 0.4) is 0 Å². The first-order valence-corrected chi connectivity index (χ1v) is 14.9. The SMILES string of the molecule is CC/C(=C(/c1ccc(/C=C/C(=O)O)cc1)c1ccc2[nH]ncc2c1)c1cccc(Oc2ccccc2S(C)(=O)=O)c1. The van der Waals surface area contributed by atoms with Crippen molar-refractivity contribution in [3.8, 4) is 11.5 Å². The van der Waals surface area contributed by atoms with Crippen molar-refractivity contribution < 1.29 is 23.1 Å². The van der Waals surface area contributed by atoms with Gasteiger partial charge in [-0.05, 0) is 82.3 Å². The van der Waals surface area contributed by atoms with E-state index in [0.29, 0.717) is 12.2 Å². The standard InChI is InChI=1S/C33H28N2O5S/c1-3-28(24-7-6-8-27(20-24)40-30-9-4-5-10-31(30)41(2,38)39)33(25-16-17-29-26(19-25)21-34-35-29)23-14-11-22(12-15-23)13-18-32(36)37/h4-21H,3H2,1-2H3,(H,34,35)(H,36,37)/b18-13+,33-28+. The Hall–Kier alpha value is -4.95.